The zero-order valence-corrected chi connectivity index (χ0v) is 9.23. The van der Waals surface area contributed by atoms with Gasteiger partial charge in [0.2, 0.25) is 0 Å². The van der Waals surface area contributed by atoms with E-state index >= 15 is 0 Å². The molecule has 13 heavy (non-hydrogen) atoms. The molecular weight excluding hydrogens is 162 g/mol. The molecule has 0 aromatic heterocycles. The highest BCUT2D eigenvalue weighted by atomic mass is 16.5. The molecule has 0 aliphatic carbocycles. The van der Waals surface area contributed by atoms with Gasteiger partial charge in [-0.3, -0.25) is 0 Å². The van der Waals surface area contributed by atoms with Gasteiger partial charge in [-0.15, -0.1) is 0 Å². The summed E-state index contributed by atoms with van der Waals surface area (Å²) in [5, 5.41) is 3.40. The lowest BCUT2D eigenvalue weighted by Crippen LogP contribution is -2.33. The first-order valence-electron chi connectivity index (χ1n) is 5.36. The van der Waals surface area contributed by atoms with E-state index in [1.54, 1.807) is 0 Å². The molecule has 1 atom stereocenters. The van der Waals surface area contributed by atoms with Crippen molar-refractivity contribution in [2.24, 2.45) is 11.3 Å². The van der Waals surface area contributed by atoms with Crippen LogP contribution in [0.4, 0.5) is 0 Å². The standard InChI is InChI=1S/C11H23NO/c1-11(2,3)9-13-8-10-5-4-6-12-7-10/h10,12H,4-9H2,1-3H3. The largest absolute Gasteiger partial charge is 0.381 e. The molecule has 0 aromatic rings. The molecule has 1 aliphatic heterocycles. The Labute approximate surface area is 82.0 Å². The molecule has 1 unspecified atom stereocenters. The molecule has 0 amide bonds. The molecule has 2 nitrogen and oxygen atoms in total. The maximum absolute atomic E-state index is 5.70. The number of nitrogens with one attached hydrogen (secondary N) is 1. The second-order valence-electron chi connectivity index (χ2n) is 5.29. The van der Waals surface area contributed by atoms with Crippen LogP contribution in [0.15, 0.2) is 0 Å². The summed E-state index contributed by atoms with van der Waals surface area (Å²) in [5.41, 5.74) is 0.308. The second kappa shape index (κ2) is 4.97. The predicted molar refractivity (Wildman–Crippen MR) is 55.9 cm³/mol. The fourth-order valence-electron chi connectivity index (χ4n) is 1.60. The van der Waals surface area contributed by atoms with E-state index in [2.05, 4.69) is 26.1 Å². The average Bonchev–Trinajstić information content (AvgIpc) is 2.04. The van der Waals surface area contributed by atoms with E-state index in [9.17, 15) is 0 Å². The summed E-state index contributed by atoms with van der Waals surface area (Å²) < 4.78 is 5.70. The lowest BCUT2D eigenvalue weighted by atomic mass is 9.98. The predicted octanol–water partition coefficient (Wildman–Crippen LogP) is 2.05. The molecule has 0 spiro atoms. The maximum atomic E-state index is 5.70. The van der Waals surface area contributed by atoms with Crippen molar-refractivity contribution in [3.05, 3.63) is 0 Å². The van der Waals surface area contributed by atoms with Gasteiger partial charge in [0.25, 0.3) is 0 Å². The summed E-state index contributed by atoms with van der Waals surface area (Å²) in [7, 11) is 0. The van der Waals surface area contributed by atoms with Crippen molar-refractivity contribution in [1.82, 2.24) is 5.32 Å². The van der Waals surface area contributed by atoms with Crippen molar-refractivity contribution < 1.29 is 4.74 Å². The molecule has 1 N–H and O–H groups in total. The molecule has 2 heteroatoms. The van der Waals surface area contributed by atoms with Gasteiger partial charge in [0, 0.05) is 6.54 Å². The van der Waals surface area contributed by atoms with Gasteiger partial charge in [0.1, 0.15) is 0 Å². The van der Waals surface area contributed by atoms with Crippen LogP contribution >= 0.6 is 0 Å². The lowest BCUT2D eigenvalue weighted by molar-refractivity contribution is 0.0420. The minimum absolute atomic E-state index is 0.308. The van der Waals surface area contributed by atoms with E-state index in [1.807, 2.05) is 0 Å². The minimum atomic E-state index is 0.308. The van der Waals surface area contributed by atoms with Gasteiger partial charge < -0.3 is 10.1 Å². The van der Waals surface area contributed by atoms with Gasteiger partial charge in [0.05, 0.1) is 13.2 Å². The summed E-state index contributed by atoms with van der Waals surface area (Å²) in [4.78, 5) is 0. The van der Waals surface area contributed by atoms with Crippen LogP contribution < -0.4 is 5.32 Å². The lowest BCUT2D eigenvalue weighted by Gasteiger charge is -2.25. The highest BCUT2D eigenvalue weighted by Crippen LogP contribution is 2.15. The zero-order valence-electron chi connectivity index (χ0n) is 9.23. The molecule has 0 bridgehead atoms. The molecule has 78 valence electrons. The van der Waals surface area contributed by atoms with Crippen LogP contribution in [0.1, 0.15) is 33.6 Å². The molecule has 1 aliphatic rings. The first-order chi connectivity index (χ1) is 6.08. The molecule has 0 radical (unpaired) electrons. The first-order valence-corrected chi connectivity index (χ1v) is 5.36. The first kappa shape index (κ1) is 11.0. The summed E-state index contributed by atoms with van der Waals surface area (Å²) in [6.07, 6.45) is 2.64. The van der Waals surface area contributed by atoms with Crippen LogP contribution in [-0.4, -0.2) is 26.3 Å². The van der Waals surface area contributed by atoms with Crippen LogP contribution in [0.5, 0.6) is 0 Å². The van der Waals surface area contributed by atoms with Crippen LogP contribution in [0.25, 0.3) is 0 Å². The molecular formula is C11H23NO. The molecule has 1 heterocycles. The third-order valence-electron chi connectivity index (χ3n) is 2.29. The number of piperidine rings is 1. The van der Waals surface area contributed by atoms with Gasteiger partial charge in [0.15, 0.2) is 0 Å². The Kier molecular flexibility index (Phi) is 4.20. The van der Waals surface area contributed by atoms with Crippen molar-refractivity contribution in [3.8, 4) is 0 Å². The quantitative estimate of drug-likeness (QED) is 0.726. The van der Waals surface area contributed by atoms with E-state index in [-0.39, 0.29) is 0 Å². The van der Waals surface area contributed by atoms with Gasteiger partial charge in [-0.1, -0.05) is 20.8 Å². The van der Waals surface area contributed by atoms with Crippen molar-refractivity contribution in [3.63, 3.8) is 0 Å². The van der Waals surface area contributed by atoms with Crippen LogP contribution in [0, 0.1) is 11.3 Å². The van der Waals surface area contributed by atoms with E-state index in [0.717, 1.165) is 25.7 Å². The average molecular weight is 185 g/mol. The fraction of sp³-hybridized carbons (Fsp3) is 1.00. The Morgan fingerprint density at radius 2 is 2.15 bits per heavy atom. The van der Waals surface area contributed by atoms with Gasteiger partial charge >= 0.3 is 0 Å². The van der Waals surface area contributed by atoms with E-state index < -0.39 is 0 Å². The normalized spacial score (nSPS) is 24.7. The van der Waals surface area contributed by atoms with Crippen LogP contribution in [0.2, 0.25) is 0 Å². The Morgan fingerprint density at radius 1 is 1.38 bits per heavy atom. The topological polar surface area (TPSA) is 21.3 Å². The maximum Gasteiger partial charge on any atom is 0.0514 e. The third-order valence-corrected chi connectivity index (χ3v) is 2.29. The highest BCUT2D eigenvalue weighted by Gasteiger charge is 2.15. The Bertz CT molecular complexity index is 134. The number of hydrogen-bond acceptors (Lipinski definition) is 2. The Hall–Kier alpha value is -0.0800. The molecule has 0 saturated carbocycles. The number of hydrogen-bond donors (Lipinski definition) is 1. The van der Waals surface area contributed by atoms with Gasteiger partial charge in [-0.05, 0) is 30.7 Å². The molecule has 1 rings (SSSR count). The van der Waals surface area contributed by atoms with Crippen molar-refractivity contribution in [2.75, 3.05) is 26.3 Å². The highest BCUT2D eigenvalue weighted by molar-refractivity contribution is 4.69. The van der Waals surface area contributed by atoms with Gasteiger partial charge in [-0.2, -0.15) is 0 Å². The van der Waals surface area contributed by atoms with E-state index in [1.165, 1.54) is 19.4 Å². The second-order valence-corrected chi connectivity index (χ2v) is 5.29. The summed E-state index contributed by atoms with van der Waals surface area (Å²) in [6.45, 7) is 10.8. The Morgan fingerprint density at radius 3 is 2.69 bits per heavy atom. The molecule has 0 aromatic carbocycles. The van der Waals surface area contributed by atoms with Gasteiger partial charge in [-0.25, -0.2) is 0 Å². The van der Waals surface area contributed by atoms with E-state index in [4.69, 9.17) is 4.74 Å². The van der Waals surface area contributed by atoms with Crippen molar-refractivity contribution in [1.29, 1.82) is 0 Å². The van der Waals surface area contributed by atoms with Crippen molar-refractivity contribution >= 4 is 0 Å². The monoisotopic (exact) mass is 185 g/mol. The van der Waals surface area contributed by atoms with Crippen molar-refractivity contribution in [2.45, 2.75) is 33.6 Å². The van der Waals surface area contributed by atoms with Crippen LogP contribution in [0.3, 0.4) is 0 Å². The van der Waals surface area contributed by atoms with Crippen LogP contribution in [-0.2, 0) is 4.74 Å². The SMILES string of the molecule is CC(C)(C)COCC1CCCNC1. The Balaban J connectivity index is 2.04. The third kappa shape index (κ3) is 5.27. The summed E-state index contributed by atoms with van der Waals surface area (Å²) in [6, 6.07) is 0. The zero-order chi connectivity index (χ0) is 9.73. The number of ether oxygens (including phenoxy) is 1. The summed E-state index contributed by atoms with van der Waals surface area (Å²) >= 11 is 0. The number of rotatable bonds is 3. The minimum Gasteiger partial charge on any atom is -0.381 e. The molecule has 1 saturated heterocycles. The smallest absolute Gasteiger partial charge is 0.0514 e. The van der Waals surface area contributed by atoms with E-state index in [0.29, 0.717) is 5.41 Å². The summed E-state index contributed by atoms with van der Waals surface area (Å²) in [5.74, 6) is 0.746. The molecule has 1 fully saturated rings. The fourth-order valence-corrected chi connectivity index (χ4v) is 1.60.